The molecule has 0 aromatic heterocycles. The van der Waals surface area contributed by atoms with E-state index in [0.717, 1.165) is 19.3 Å². The van der Waals surface area contributed by atoms with E-state index in [1.54, 1.807) is 24.3 Å². The lowest BCUT2D eigenvalue weighted by Gasteiger charge is -2.16. The molecule has 1 aromatic carbocycles. The van der Waals surface area contributed by atoms with Gasteiger partial charge in [-0.1, -0.05) is 18.6 Å². The third-order valence-electron chi connectivity index (χ3n) is 3.69. The second-order valence-corrected chi connectivity index (χ2v) is 5.31. The van der Waals surface area contributed by atoms with Crippen molar-refractivity contribution in [2.45, 2.75) is 38.2 Å². The number of nitrogens with one attached hydrogen (secondary N) is 1. The summed E-state index contributed by atoms with van der Waals surface area (Å²) in [6, 6.07) is 6.64. The highest BCUT2D eigenvalue weighted by molar-refractivity contribution is 5.92. The smallest absolute Gasteiger partial charge is 0.272 e. The molecular weight excluding hydrogens is 278 g/mol. The van der Waals surface area contributed by atoms with Gasteiger partial charge < -0.3 is 15.8 Å². The number of benzene rings is 1. The monoisotopic (exact) mass is 298 g/mol. The number of nitrogens with two attached hydrogens (primary N) is 1. The Kier molecular flexibility index (Phi) is 5.50. The molecule has 1 saturated carbocycles. The van der Waals surface area contributed by atoms with Crippen LogP contribution in [0.5, 0.6) is 5.75 Å². The lowest BCUT2D eigenvalue weighted by atomic mass is 10.00. The van der Waals surface area contributed by atoms with Crippen LogP contribution in [0.2, 0.25) is 0 Å². The number of halogens is 2. The summed E-state index contributed by atoms with van der Waals surface area (Å²) in [7, 11) is 0. The zero-order valence-corrected chi connectivity index (χ0v) is 11.7. The van der Waals surface area contributed by atoms with Crippen LogP contribution in [0.15, 0.2) is 24.3 Å². The van der Waals surface area contributed by atoms with E-state index in [0.29, 0.717) is 12.1 Å². The molecule has 0 aliphatic heterocycles. The summed E-state index contributed by atoms with van der Waals surface area (Å²) in [5, 5.41) is 2.72. The Morgan fingerprint density at radius 1 is 1.38 bits per heavy atom. The van der Waals surface area contributed by atoms with E-state index in [1.165, 1.54) is 0 Å². The largest absolute Gasteiger partial charge is 0.485 e. The number of amides is 1. The molecule has 0 unspecified atom stereocenters. The fraction of sp³-hybridized carbons (Fsp3) is 0.533. The number of hydrogen-bond donors (Lipinski definition) is 2. The second kappa shape index (κ2) is 7.36. The minimum absolute atomic E-state index is 0.0704. The van der Waals surface area contributed by atoms with Gasteiger partial charge in [0, 0.05) is 12.5 Å². The Morgan fingerprint density at radius 2 is 2.14 bits per heavy atom. The minimum atomic E-state index is -2.55. The predicted molar refractivity (Wildman–Crippen MR) is 76.5 cm³/mol. The van der Waals surface area contributed by atoms with Crippen LogP contribution in [-0.4, -0.2) is 25.0 Å². The topological polar surface area (TPSA) is 64.4 Å². The molecule has 1 fully saturated rings. The zero-order valence-electron chi connectivity index (χ0n) is 11.7. The minimum Gasteiger partial charge on any atom is -0.485 e. The Labute approximate surface area is 122 Å². The number of ether oxygens (including phenoxy) is 1. The summed E-state index contributed by atoms with van der Waals surface area (Å²) in [6.07, 6.45) is 0.757. The van der Waals surface area contributed by atoms with Gasteiger partial charge in [0.25, 0.3) is 6.43 Å². The quantitative estimate of drug-likeness (QED) is 0.849. The number of para-hydroxylation sites is 2. The van der Waals surface area contributed by atoms with E-state index < -0.39 is 13.0 Å². The fourth-order valence-electron chi connectivity index (χ4n) is 2.61. The number of hydrogen-bond acceptors (Lipinski definition) is 3. The molecule has 2 rings (SSSR count). The molecule has 0 spiro atoms. The standard InChI is InChI=1S/C15H20F2N2O2/c16-14(17)9-21-13-7-2-1-6-12(13)19-15(20)8-10-4-3-5-11(10)18/h1-2,6-7,10-11,14H,3-5,8-9,18H2,(H,19,20)/t10-,11+/m0/s1. The van der Waals surface area contributed by atoms with E-state index in [-0.39, 0.29) is 23.6 Å². The van der Waals surface area contributed by atoms with Crippen molar-refractivity contribution in [1.82, 2.24) is 0 Å². The van der Waals surface area contributed by atoms with Gasteiger partial charge in [-0.3, -0.25) is 4.79 Å². The summed E-state index contributed by atoms with van der Waals surface area (Å²) >= 11 is 0. The van der Waals surface area contributed by atoms with Crippen LogP contribution in [0.25, 0.3) is 0 Å². The van der Waals surface area contributed by atoms with Gasteiger partial charge in [-0.25, -0.2) is 8.78 Å². The number of anilines is 1. The summed E-state index contributed by atoms with van der Waals surface area (Å²) in [4.78, 5) is 12.0. The second-order valence-electron chi connectivity index (χ2n) is 5.31. The van der Waals surface area contributed by atoms with Crippen molar-refractivity contribution in [3.05, 3.63) is 24.3 Å². The highest BCUT2D eigenvalue weighted by Gasteiger charge is 2.26. The molecule has 1 aliphatic carbocycles. The van der Waals surface area contributed by atoms with E-state index in [2.05, 4.69) is 5.32 Å². The van der Waals surface area contributed by atoms with Crippen molar-refractivity contribution in [2.75, 3.05) is 11.9 Å². The molecule has 116 valence electrons. The maximum atomic E-state index is 12.2. The number of carbonyl (C=O) groups is 1. The molecule has 0 saturated heterocycles. The number of alkyl halides is 2. The summed E-state index contributed by atoms with van der Waals surface area (Å²) < 4.78 is 29.4. The molecule has 21 heavy (non-hydrogen) atoms. The first-order chi connectivity index (χ1) is 10.1. The molecule has 2 atom stereocenters. The van der Waals surface area contributed by atoms with Crippen molar-refractivity contribution in [1.29, 1.82) is 0 Å². The molecule has 3 N–H and O–H groups in total. The Bertz CT molecular complexity index is 482. The van der Waals surface area contributed by atoms with Gasteiger partial charge in [0.2, 0.25) is 5.91 Å². The fourth-order valence-corrected chi connectivity index (χ4v) is 2.61. The zero-order chi connectivity index (χ0) is 15.2. The molecule has 1 aliphatic rings. The summed E-state index contributed by atoms with van der Waals surface area (Å²) in [5.74, 6) is 0.284. The van der Waals surface area contributed by atoms with E-state index in [9.17, 15) is 13.6 Å². The van der Waals surface area contributed by atoms with Crippen LogP contribution in [-0.2, 0) is 4.79 Å². The molecule has 4 nitrogen and oxygen atoms in total. The molecule has 0 heterocycles. The van der Waals surface area contributed by atoms with Gasteiger partial charge in [-0.05, 0) is 30.9 Å². The summed E-state index contributed by atoms with van der Waals surface area (Å²) in [5.41, 5.74) is 6.36. The summed E-state index contributed by atoms with van der Waals surface area (Å²) in [6.45, 7) is -0.694. The van der Waals surface area contributed by atoms with Crippen LogP contribution >= 0.6 is 0 Å². The van der Waals surface area contributed by atoms with Gasteiger partial charge in [-0.15, -0.1) is 0 Å². The SMILES string of the molecule is N[C@@H]1CCC[C@H]1CC(=O)Nc1ccccc1OCC(F)F. The first-order valence-electron chi connectivity index (χ1n) is 7.11. The predicted octanol–water partition coefficient (Wildman–Crippen LogP) is 2.79. The highest BCUT2D eigenvalue weighted by Crippen LogP contribution is 2.28. The number of rotatable bonds is 6. The average molecular weight is 298 g/mol. The van der Waals surface area contributed by atoms with Crippen molar-refractivity contribution in [2.24, 2.45) is 11.7 Å². The number of carbonyl (C=O) groups excluding carboxylic acids is 1. The van der Waals surface area contributed by atoms with E-state index in [4.69, 9.17) is 10.5 Å². The maximum absolute atomic E-state index is 12.2. The Morgan fingerprint density at radius 3 is 2.81 bits per heavy atom. The van der Waals surface area contributed by atoms with Crippen molar-refractivity contribution in [3.8, 4) is 5.75 Å². The van der Waals surface area contributed by atoms with Gasteiger partial charge in [0.05, 0.1) is 5.69 Å². The van der Waals surface area contributed by atoms with Gasteiger partial charge in [-0.2, -0.15) is 0 Å². The van der Waals surface area contributed by atoms with Crippen LogP contribution < -0.4 is 15.8 Å². The van der Waals surface area contributed by atoms with Gasteiger partial charge >= 0.3 is 0 Å². The van der Waals surface area contributed by atoms with Crippen LogP contribution in [0.1, 0.15) is 25.7 Å². The molecule has 1 aromatic rings. The average Bonchev–Trinajstić information content (AvgIpc) is 2.83. The van der Waals surface area contributed by atoms with Gasteiger partial charge in [0.1, 0.15) is 12.4 Å². The lowest BCUT2D eigenvalue weighted by Crippen LogP contribution is -2.28. The van der Waals surface area contributed by atoms with Crippen molar-refractivity contribution in [3.63, 3.8) is 0 Å². The Balaban J connectivity index is 1.93. The first-order valence-corrected chi connectivity index (χ1v) is 7.11. The van der Waals surface area contributed by atoms with Crippen molar-refractivity contribution >= 4 is 11.6 Å². The van der Waals surface area contributed by atoms with Crippen molar-refractivity contribution < 1.29 is 18.3 Å². The third-order valence-corrected chi connectivity index (χ3v) is 3.69. The normalized spacial score (nSPS) is 21.5. The van der Waals surface area contributed by atoms with Crippen LogP contribution in [0.4, 0.5) is 14.5 Å². The third kappa shape index (κ3) is 4.67. The van der Waals surface area contributed by atoms with E-state index in [1.807, 2.05) is 0 Å². The molecule has 6 heteroatoms. The highest BCUT2D eigenvalue weighted by atomic mass is 19.3. The van der Waals surface area contributed by atoms with Crippen LogP contribution in [0.3, 0.4) is 0 Å². The van der Waals surface area contributed by atoms with Crippen LogP contribution in [0, 0.1) is 5.92 Å². The molecular formula is C15H20F2N2O2. The van der Waals surface area contributed by atoms with E-state index >= 15 is 0 Å². The maximum Gasteiger partial charge on any atom is 0.272 e. The molecule has 0 bridgehead atoms. The molecule has 0 radical (unpaired) electrons. The Hall–Kier alpha value is -1.69. The first kappa shape index (κ1) is 15.7. The lowest BCUT2D eigenvalue weighted by molar-refractivity contribution is -0.117. The molecule has 1 amide bonds. The van der Waals surface area contributed by atoms with Gasteiger partial charge in [0.15, 0.2) is 0 Å².